The number of hydrogen-bond acceptors (Lipinski definition) is 3. The molecule has 0 radical (unpaired) electrons. The summed E-state index contributed by atoms with van der Waals surface area (Å²) in [4.78, 5) is 14.3. The summed E-state index contributed by atoms with van der Waals surface area (Å²) in [6, 6.07) is 6.50. The minimum absolute atomic E-state index is 0.0208. The second-order valence-electron chi connectivity index (χ2n) is 5.67. The van der Waals surface area contributed by atoms with E-state index in [9.17, 15) is 14.3 Å². The van der Waals surface area contributed by atoms with E-state index in [2.05, 4.69) is 0 Å². The van der Waals surface area contributed by atoms with Gasteiger partial charge in [0.15, 0.2) is 0 Å². The maximum Gasteiger partial charge on any atom is 0.226 e. The zero-order chi connectivity index (χ0) is 15.4. The van der Waals surface area contributed by atoms with Gasteiger partial charge in [0.1, 0.15) is 5.82 Å². The molecule has 116 valence electrons. The normalized spacial score (nSPS) is 23.9. The molecule has 1 aliphatic heterocycles. The lowest BCUT2D eigenvalue weighted by molar-refractivity contribution is -0.149. The van der Waals surface area contributed by atoms with Gasteiger partial charge in [-0.05, 0) is 25.0 Å². The minimum atomic E-state index is -0.328. The van der Waals surface area contributed by atoms with Gasteiger partial charge in [0.25, 0.3) is 0 Å². The first kappa shape index (κ1) is 15.9. The molecule has 2 rings (SSSR count). The van der Waals surface area contributed by atoms with Gasteiger partial charge in [-0.1, -0.05) is 25.1 Å². The van der Waals surface area contributed by atoms with Crippen molar-refractivity contribution in [2.75, 3.05) is 19.8 Å². The van der Waals surface area contributed by atoms with E-state index in [1.165, 1.54) is 6.07 Å². The smallest absolute Gasteiger partial charge is 0.226 e. The molecule has 0 aliphatic carbocycles. The van der Waals surface area contributed by atoms with Gasteiger partial charge in [-0.25, -0.2) is 4.39 Å². The fourth-order valence-electron chi connectivity index (χ4n) is 2.60. The van der Waals surface area contributed by atoms with Crippen LogP contribution in [-0.4, -0.2) is 47.8 Å². The topological polar surface area (TPSA) is 49.8 Å². The predicted octanol–water partition coefficient (Wildman–Crippen LogP) is 1.61. The average Bonchev–Trinajstić information content (AvgIpc) is 2.49. The van der Waals surface area contributed by atoms with E-state index in [1.54, 1.807) is 23.1 Å². The molecule has 0 aromatic heterocycles. The maximum atomic E-state index is 13.7. The van der Waals surface area contributed by atoms with Gasteiger partial charge in [0, 0.05) is 12.5 Å². The van der Waals surface area contributed by atoms with E-state index in [4.69, 9.17) is 4.74 Å². The highest BCUT2D eigenvalue weighted by molar-refractivity contribution is 5.79. The molecule has 21 heavy (non-hydrogen) atoms. The number of benzene rings is 1. The molecule has 1 aliphatic rings. The summed E-state index contributed by atoms with van der Waals surface area (Å²) in [7, 11) is 0. The SMILES string of the molecule is CC(Cc1ccccc1F)C(=O)N1CC(CO)OCC1C. The number of hydrogen-bond donors (Lipinski definition) is 1. The Balaban J connectivity index is 2.03. The zero-order valence-corrected chi connectivity index (χ0v) is 12.5. The van der Waals surface area contributed by atoms with Gasteiger partial charge < -0.3 is 14.7 Å². The number of ether oxygens (including phenoxy) is 1. The Morgan fingerprint density at radius 3 is 2.90 bits per heavy atom. The first-order valence-corrected chi connectivity index (χ1v) is 7.29. The van der Waals surface area contributed by atoms with Crippen molar-refractivity contribution in [1.29, 1.82) is 0 Å². The van der Waals surface area contributed by atoms with E-state index in [0.717, 1.165) is 0 Å². The van der Waals surface area contributed by atoms with Crippen LogP contribution >= 0.6 is 0 Å². The Hall–Kier alpha value is -1.46. The Morgan fingerprint density at radius 2 is 2.24 bits per heavy atom. The summed E-state index contributed by atoms with van der Waals surface area (Å²) >= 11 is 0. The van der Waals surface area contributed by atoms with Crippen LogP contribution < -0.4 is 0 Å². The molecule has 1 saturated heterocycles. The highest BCUT2D eigenvalue weighted by Gasteiger charge is 2.31. The van der Waals surface area contributed by atoms with Crippen molar-refractivity contribution >= 4 is 5.91 Å². The van der Waals surface area contributed by atoms with Crippen LogP contribution in [0.15, 0.2) is 24.3 Å². The highest BCUT2D eigenvalue weighted by atomic mass is 19.1. The molecular formula is C16H22FNO3. The molecule has 1 heterocycles. The molecule has 1 aromatic carbocycles. The number of rotatable bonds is 4. The monoisotopic (exact) mass is 295 g/mol. The summed E-state index contributed by atoms with van der Waals surface area (Å²) in [6.45, 7) is 4.44. The zero-order valence-electron chi connectivity index (χ0n) is 12.5. The van der Waals surface area contributed by atoms with Crippen molar-refractivity contribution in [3.05, 3.63) is 35.6 Å². The Labute approximate surface area is 124 Å². The minimum Gasteiger partial charge on any atom is -0.394 e. The second-order valence-corrected chi connectivity index (χ2v) is 5.67. The lowest BCUT2D eigenvalue weighted by Gasteiger charge is -2.38. The van der Waals surface area contributed by atoms with Crippen LogP contribution in [-0.2, 0) is 16.0 Å². The second kappa shape index (κ2) is 7.00. The largest absolute Gasteiger partial charge is 0.394 e. The molecule has 0 spiro atoms. The van der Waals surface area contributed by atoms with Crippen LogP contribution in [0, 0.1) is 11.7 Å². The van der Waals surface area contributed by atoms with Gasteiger partial charge in [-0.2, -0.15) is 0 Å². The number of amides is 1. The molecule has 1 amide bonds. The number of carbonyl (C=O) groups is 1. The van der Waals surface area contributed by atoms with Gasteiger partial charge in [-0.15, -0.1) is 0 Å². The summed E-state index contributed by atoms with van der Waals surface area (Å²) in [6.07, 6.45) is 0.0464. The maximum absolute atomic E-state index is 13.7. The summed E-state index contributed by atoms with van der Waals surface area (Å²) in [5.74, 6) is -0.602. The van der Waals surface area contributed by atoms with Crippen molar-refractivity contribution in [2.24, 2.45) is 5.92 Å². The van der Waals surface area contributed by atoms with Crippen LogP contribution in [0.1, 0.15) is 19.4 Å². The van der Waals surface area contributed by atoms with Gasteiger partial charge in [0.05, 0.1) is 25.4 Å². The summed E-state index contributed by atoms with van der Waals surface area (Å²) < 4.78 is 19.1. The highest BCUT2D eigenvalue weighted by Crippen LogP contribution is 2.19. The third-order valence-electron chi connectivity index (χ3n) is 3.90. The Morgan fingerprint density at radius 1 is 1.52 bits per heavy atom. The van der Waals surface area contributed by atoms with Crippen molar-refractivity contribution in [1.82, 2.24) is 4.90 Å². The Kier molecular flexibility index (Phi) is 5.31. The van der Waals surface area contributed by atoms with Crippen LogP contribution in [0.5, 0.6) is 0 Å². The molecule has 1 fully saturated rings. The standard InChI is InChI=1S/C16H22FNO3/c1-11(7-13-5-3-4-6-15(13)17)16(20)18-8-14(9-19)21-10-12(18)2/h3-6,11-12,14,19H,7-10H2,1-2H3. The quantitative estimate of drug-likeness (QED) is 0.918. The summed E-state index contributed by atoms with van der Waals surface area (Å²) in [5, 5.41) is 9.17. The van der Waals surface area contributed by atoms with Crippen LogP contribution in [0.25, 0.3) is 0 Å². The number of halogens is 1. The van der Waals surface area contributed by atoms with Crippen molar-refractivity contribution in [3.63, 3.8) is 0 Å². The third kappa shape index (κ3) is 3.80. The number of nitrogens with zero attached hydrogens (tertiary/aromatic N) is 1. The lowest BCUT2D eigenvalue weighted by atomic mass is 9.98. The van der Waals surface area contributed by atoms with Crippen molar-refractivity contribution in [2.45, 2.75) is 32.4 Å². The number of morpholine rings is 1. The molecule has 4 nitrogen and oxygen atoms in total. The summed E-state index contributed by atoms with van der Waals surface area (Å²) in [5.41, 5.74) is 0.554. The van der Waals surface area contributed by atoms with E-state index < -0.39 is 0 Å². The van der Waals surface area contributed by atoms with Gasteiger partial charge in [0.2, 0.25) is 5.91 Å². The molecular weight excluding hydrogens is 273 g/mol. The van der Waals surface area contributed by atoms with Crippen molar-refractivity contribution < 1.29 is 19.0 Å². The molecule has 1 N–H and O–H groups in total. The number of aliphatic hydroxyl groups is 1. The molecule has 3 unspecified atom stereocenters. The van der Waals surface area contributed by atoms with Crippen LogP contribution in [0.4, 0.5) is 4.39 Å². The van der Waals surface area contributed by atoms with Crippen molar-refractivity contribution in [3.8, 4) is 0 Å². The van der Waals surface area contributed by atoms with E-state index in [0.29, 0.717) is 25.1 Å². The molecule has 5 heteroatoms. The fraction of sp³-hybridized carbons (Fsp3) is 0.562. The third-order valence-corrected chi connectivity index (χ3v) is 3.90. The van der Waals surface area contributed by atoms with Gasteiger partial charge in [-0.3, -0.25) is 4.79 Å². The van der Waals surface area contributed by atoms with Crippen LogP contribution in [0.3, 0.4) is 0 Å². The first-order valence-electron chi connectivity index (χ1n) is 7.29. The lowest BCUT2D eigenvalue weighted by Crippen LogP contribution is -2.53. The van der Waals surface area contributed by atoms with E-state index >= 15 is 0 Å². The predicted molar refractivity (Wildman–Crippen MR) is 77.3 cm³/mol. The molecule has 3 atom stereocenters. The molecule has 0 bridgehead atoms. The van der Waals surface area contributed by atoms with E-state index in [-0.39, 0.29) is 36.4 Å². The van der Waals surface area contributed by atoms with Gasteiger partial charge >= 0.3 is 0 Å². The Bertz CT molecular complexity index is 494. The first-order chi connectivity index (χ1) is 10.0. The number of carbonyl (C=O) groups excluding carboxylic acids is 1. The van der Waals surface area contributed by atoms with E-state index in [1.807, 2.05) is 13.8 Å². The number of aliphatic hydroxyl groups excluding tert-OH is 1. The average molecular weight is 295 g/mol. The molecule has 0 saturated carbocycles. The fourth-order valence-corrected chi connectivity index (χ4v) is 2.60. The molecule has 1 aromatic rings. The van der Waals surface area contributed by atoms with Crippen LogP contribution in [0.2, 0.25) is 0 Å².